The molecule has 8 nitrogen and oxygen atoms in total. The van der Waals surface area contributed by atoms with Crippen molar-refractivity contribution >= 4 is 16.1 Å². The quantitative estimate of drug-likeness (QED) is 0.461. The Kier molecular flexibility index (Phi) is 5.55. The summed E-state index contributed by atoms with van der Waals surface area (Å²) in [6, 6.07) is 16.6. The van der Waals surface area contributed by atoms with Crippen LogP contribution in [-0.2, 0) is 14.9 Å². The van der Waals surface area contributed by atoms with Crippen LogP contribution in [-0.4, -0.2) is 30.8 Å². The van der Waals surface area contributed by atoms with E-state index in [2.05, 4.69) is 5.10 Å². The van der Waals surface area contributed by atoms with Crippen LogP contribution in [0.2, 0.25) is 0 Å². The first kappa shape index (κ1) is 19.3. The second-order valence-corrected chi connectivity index (χ2v) is 7.06. The zero-order valence-electron chi connectivity index (χ0n) is 14.8. The molecule has 0 amide bonds. The molecule has 9 heteroatoms. The van der Waals surface area contributed by atoms with Gasteiger partial charge in [-0.2, -0.15) is 18.2 Å². The molecule has 2 aromatic carbocycles. The SMILES string of the molecule is CCOC(=O)c1nn(-c2ccccc2)c(=O)cc1OS(=O)(=O)c1ccccc1. The smallest absolute Gasteiger partial charge is 0.362 e. The minimum atomic E-state index is -4.27. The second kappa shape index (κ2) is 8.05. The highest BCUT2D eigenvalue weighted by atomic mass is 32.2. The number of hydrogen-bond donors (Lipinski definition) is 0. The Bertz CT molecular complexity index is 1140. The van der Waals surface area contributed by atoms with E-state index in [0.717, 1.165) is 10.7 Å². The van der Waals surface area contributed by atoms with Crippen LogP contribution in [0.3, 0.4) is 0 Å². The van der Waals surface area contributed by atoms with Crippen molar-refractivity contribution in [3.05, 3.63) is 82.8 Å². The third-order valence-electron chi connectivity index (χ3n) is 3.60. The molecule has 3 aromatic rings. The fourth-order valence-electron chi connectivity index (χ4n) is 2.35. The first-order valence-electron chi connectivity index (χ1n) is 8.29. The van der Waals surface area contributed by atoms with Crippen LogP contribution in [0.1, 0.15) is 17.4 Å². The summed E-state index contributed by atoms with van der Waals surface area (Å²) in [5.74, 6) is -1.41. The number of aromatic nitrogens is 2. The van der Waals surface area contributed by atoms with Crippen molar-refractivity contribution in [1.82, 2.24) is 9.78 Å². The van der Waals surface area contributed by atoms with Gasteiger partial charge in [0, 0.05) is 0 Å². The van der Waals surface area contributed by atoms with Crippen molar-refractivity contribution in [3.63, 3.8) is 0 Å². The van der Waals surface area contributed by atoms with Crippen molar-refractivity contribution in [1.29, 1.82) is 0 Å². The molecule has 0 aliphatic heterocycles. The van der Waals surface area contributed by atoms with E-state index >= 15 is 0 Å². The van der Waals surface area contributed by atoms with Gasteiger partial charge in [0.15, 0.2) is 5.75 Å². The van der Waals surface area contributed by atoms with Gasteiger partial charge < -0.3 is 8.92 Å². The maximum Gasteiger partial charge on any atom is 0.362 e. The molecule has 0 spiro atoms. The van der Waals surface area contributed by atoms with Gasteiger partial charge in [-0.25, -0.2) is 4.79 Å². The normalized spacial score (nSPS) is 11.0. The predicted octanol–water partition coefficient (Wildman–Crippen LogP) is 2.18. The Morgan fingerprint density at radius 1 is 1.04 bits per heavy atom. The summed E-state index contributed by atoms with van der Waals surface area (Å²) in [4.78, 5) is 24.6. The molecule has 0 saturated carbocycles. The molecular formula is C19H16N2O6S. The van der Waals surface area contributed by atoms with Crippen LogP contribution < -0.4 is 9.74 Å². The van der Waals surface area contributed by atoms with Crippen molar-refractivity contribution in [2.45, 2.75) is 11.8 Å². The van der Waals surface area contributed by atoms with Gasteiger partial charge in [0.25, 0.3) is 5.56 Å². The zero-order chi connectivity index (χ0) is 20.1. The Hall–Kier alpha value is -3.46. The first-order valence-corrected chi connectivity index (χ1v) is 9.69. The highest BCUT2D eigenvalue weighted by Crippen LogP contribution is 2.21. The zero-order valence-corrected chi connectivity index (χ0v) is 15.6. The summed E-state index contributed by atoms with van der Waals surface area (Å²) in [6.45, 7) is 1.63. The van der Waals surface area contributed by atoms with E-state index < -0.39 is 33.1 Å². The minimum Gasteiger partial charge on any atom is -0.461 e. The summed E-state index contributed by atoms with van der Waals surface area (Å²) in [5, 5.41) is 3.98. The summed E-state index contributed by atoms with van der Waals surface area (Å²) in [6.07, 6.45) is 0. The standard InChI is InChI=1S/C19H16N2O6S/c1-2-26-19(23)18-16(27-28(24,25)15-11-7-4-8-12-15)13-17(22)21(20-18)14-9-5-3-6-10-14/h3-13H,2H2,1H3. The van der Waals surface area contributed by atoms with Gasteiger partial charge in [0.1, 0.15) is 4.90 Å². The molecule has 1 heterocycles. The fraction of sp³-hybridized carbons (Fsp3) is 0.105. The van der Waals surface area contributed by atoms with Gasteiger partial charge in [-0.15, -0.1) is 0 Å². The van der Waals surface area contributed by atoms with Gasteiger partial charge in [-0.1, -0.05) is 36.4 Å². The molecule has 144 valence electrons. The number of nitrogens with zero attached hydrogens (tertiary/aromatic N) is 2. The van der Waals surface area contributed by atoms with Crippen LogP contribution in [0, 0.1) is 0 Å². The van der Waals surface area contributed by atoms with E-state index in [-0.39, 0.29) is 11.5 Å². The monoisotopic (exact) mass is 400 g/mol. The molecule has 3 rings (SSSR count). The highest BCUT2D eigenvalue weighted by molar-refractivity contribution is 7.87. The maximum atomic E-state index is 12.5. The van der Waals surface area contributed by atoms with E-state index in [1.54, 1.807) is 43.3 Å². The van der Waals surface area contributed by atoms with E-state index in [1.165, 1.54) is 24.3 Å². The fourth-order valence-corrected chi connectivity index (χ4v) is 3.30. The average molecular weight is 400 g/mol. The minimum absolute atomic E-state index is 0.0376. The topological polar surface area (TPSA) is 105 Å². The number of ether oxygens (including phenoxy) is 1. The third kappa shape index (κ3) is 4.09. The second-order valence-electron chi connectivity index (χ2n) is 5.51. The lowest BCUT2D eigenvalue weighted by Crippen LogP contribution is -2.26. The summed E-state index contributed by atoms with van der Waals surface area (Å²) < 4.78 is 35.9. The van der Waals surface area contributed by atoms with Gasteiger partial charge in [-0.05, 0) is 31.2 Å². The molecule has 0 aliphatic carbocycles. The van der Waals surface area contributed by atoms with E-state index in [1.807, 2.05) is 0 Å². The van der Waals surface area contributed by atoms with Crippen molar-refractivity contribution < 1.29 is 22.1 Å². The van der Waals surface area contributed by atoms with Gasteiger partial charge in [-0.3, -0.25) is 4.79 Å². The molecule has 0 unspecified atom stereocenters. The van der Waals surface area contributed by atoms with Crippen molar-refractivity contribution in [2.75, 3.05) is 6.61 Å². The molecule has 0 atom stereocenters. The molecule has 0 fully saturated rings. The van der Waals surface area contributed by atoms with Crippen LogP contribution >= 0.6 is 0 Å². The Balaban J connectivity index is 2.11. The summed E-state index contributed by atoms with van der Waals surface area (Å²) >= 11 is 0. The van der Waals surface area contributed by atoms with Gasteiger partial charge in [0.05, 0.1) is 18.4 Å². The summed E-state index contributed by atoms with van der Waals surface area (Å²) in [5.41, 5.74) is -0.696. The summed E-state index contributed by atoms with van der Waals surface area (Å²) in [7, 11) is -4.27. The van der Waals surface area contributed by atoms with Gasteiger partial charge >= 0.3 is 16.1 Å². The largest absolute Gasteiger partial charge is 0.461 e. The van der Waals surface area contributed by atoms with E-state index in [0.29, 0.717) is 5.69 Å². The molecule has 1 aromatic heterocycles. The van der Waals surface area contributed by atoms with Crippen LogP contribution in [0.5, 0.6) is 5.75 Å². The molecule has 28 heavy (non-hydrogen) atoms. The molecular weight excluding hydrogens is 384 g/mol. The number of rotatable bonds is 6. The molecule has 0 N–H and O–H groups in total. The molecule has 0 aliphatic rings. The lowest BCUT2D eigenvalue weighted by molar-refractivity contribution is 0.0515. The van der Waals surface area contributed by atoms with Crippen LogP contribution in [0.25, 0.3) is 5.69 Å². The van der Waals surface area contributed by atoms with Crippen molar-refractivity contribution in [2.24, 2.45) is 0 Å². The van der Waals surface area contributed by atoms with Crippen LogP contribution in [0.4, 0.5) is 0 Å². The third-order valence-corrected chi connectivity index (χ3v) is 4.85. The van der Waals surface area contributed by atoms with Crippen molar-refractivity contribution in [3.8, 4) is 11.4 Å². The average Bonchev–Trinajstić information content (AvgIpc) is 2.69. The van der Waals surface area contributed by atoms with Crippen LogP contribution in [0.15, 0.2) is 76.4 Å². The number of carbonyl (C=O) groups excluding carboxylic acids is 1. The predicted molar refractivity (Wildman–Crippen MR) is 100 cm³/mol. The molecule has 0 saturated heterocycles. The van der Waals surface area contributed by atoms with E-state index in [9.17, 15) is 18.0 Å². The number of esters is 1. The molecule has 0 bridgehead atoms. The number of benzene rings is 2. The number of para-hydroxylation sites is 1. The Labute approximate surface area is 161 Å². The Morgan fingerprint density at radius 3 is 2.25 bits per heavy atom. The van der Waals surface area contributed by atoms with E-state index in [4.69, 9.17) is 8.92 Å². The highest BCUT2D eigenvalue weighted by Gasteiger charge is 2.25. The maximum absolute atomic E-state index is 12.5. The first-order chi connectivity index (χ1) is 13.4. The number of carbonyl (C=O) groups is 1. The Morgan fingerprint density at radius 2 is 1.64 bits per heavy atom. The molecule has 0 radical (unpaired) electrons. The van der Waals surface area contributed by atoms with Gasteiger partial charge in [0.2, 0.25) is 5.69 Å². The lowest BCUT2D eigenvalue weighted by Gasteiger charge is -2.12. The number of hydrogen-bond acceptors (Lipinski definition) is 7. The lowest BCUT2D eigenvalue weighted by atomic mass is 10.3.